The first-order valence-corrected chi connectivity index (χ1v) is 14.3. The van der Waals surface area contributed by atoms with Crippen LogP contribution in [-0.4, -0.2) is 44.6 Å². The number of fused-ring (bicyclic) bond motifs is 1. The second kappa shape index (κ2) is 11.6. The number of aryl methyl sites for hydroxylation is 1. The minimum absolute atomic E-state index is 0.210. The third kappa shape index (κ3) is 5.37. The lowest BCUT2D eigenvalue weighted by atomic mass is 9.89. The topological polar surface area (TPSA) is 75.9 Å². The molecule has 0 atom stereocenters. The van der Waals surface area contributed by atoms with Crippen molar-refractivity contribution < 1.29 is 8.78 Å². The van der Waals surface area contributed by atoms with Gasteiger partial charge < -0.3 is 10.2 Å². The number of likely N-dealkylation sites (tertiary alicyclic amines) is 1. The number of piperidine rings is 1. The van der Waals surface area contributed by atoms with Gasteiger partial charge in [0.15, 0.2) is 0 Å². The molecule has 0 unspecified atom stereocenters. The van der Waals surface area contributed by atoms with Crippen molar-refractivity contribution in [2.75, 3.05) is 25.5 Å². The molecule has 214 valence electrons. The normalized spacial score (nSPS) is 14.4. The van der Waals surface area contributed by atoms with Gasteiger partial charge in [0.2, 0.25) is 5.95 Å². The molecule has 1 aliphatic rings. The molecule has 3 aromatic heterocycles. The molecule has 1 N–H and O–H groups in total. The number of nitrogens with zero attached hydrogens (tertiary/aromatic N) is 5. The Labute approximate surface area is 246 Å². The molecule has 0 radical (unpaired) electrons. The van der Waals surface area contributed by atoms with Gasteiger partial charge in [0, 0.05) is 57.9 Å². The minimum atomic E-state index is -0.412. The fourth-order valence-corrected chi connectivity index (χ4v) is 5.86. The van der Waals surface area contributed by atoms with Crippen LogP contribution in [0.3, 0.4) is 0 Å². The number of halogens is 3. The van der Waals surface area contributed by atoms with Crippen molar-refractivity contribution in [2.24, 2.45) is 0 Å². The Morgan fingerprint density at radius 3 is 2.50 bits per heavy atom. The highest BCUT2D eigenvalue weighted by Crippen LogP contribution is 2.34. The van der Waals surface area contributed by atoms with Crippen molar-refractivity contribution in [3.63, 3.8) is 0 Å². The number of rotatable bonds is 6. The summed E-state index contributed by atoms with van der Waals surface area (Å²) in [5.74, 6) is -0.198. The molecule has 0 aliphatic carbocycles. The zero-order valence-corrected chi connectivity index (χ0v) is 24.0. The molecule has 2 aromatic carbocycles. The average molecular weight is 587 g/mol. The number of pyridine rings is 2. The second-order valence-electron chi connectivity index (χ2n) is 10.6. The Morgan fingerprint density at radius 1 is 0.976 bits per heavy atom. The van der Waals surface area contributed by atoms with Gasteiger partial charge in [0.1, 0.15) is 17.3 Å². The standard InChI is InChI=1S/C32H29ClF2N6O/c1-3-41-30-21(14-25(31(41)42)24-6-4-20(15-27(24)33)26-18-36-11-8-28(26)34)17-37-32(39-30)38-22-5-7-23(29(35)16-22)19-9-12-40(2)13-10-19/h4-8,11,14-19H,3,9-10,12-13H2,1-2H3,(H,37,38,39). The van der Waals surface area contributed by atoms with E-state index in [1.165, 1.54) is 24.5 Å². The maximum absolute atomic E-state index is 15.1. The van der Waals surface area contributed by atoms with Crippen molar-refractivity contribution in [1.29, 1.82) is 0 Å². The lowest BCUT2D eigenvalue weighted by Crippen LogP contribution is -2.29. The van der Waals surface area contributed by atoms with E-state index in [0.717, 1.165) is 31.5 Å². The fraction of sp³-hybridized carbons (Fsp3) is 0.250. The van der Waals surface area contributed by atoms with E-state index < -0.39 is 5.82 Å². The number of benzene rings is 2. The SMILES string of the molecule is CCn1c(=O)c(-c2ccc(-c3cnccc3F)cc2Cl)cc2cnc(Nc3ccc(C4CCN(C)CC4)c(F)c3)nc21. The van der Waals surface area contributed by atoms with Gasteiger partial charge in [0.25, 0.3) is 5.56 Å². The quantitative estimate of drug-likeness (QED) is 0.230. The van der Waals surface area contributed by atoms with Crippen LogP contribution in [0.2, 0.25) is 5.02 Å². The Bertz CT molecular complexity index is 1850. The summed E-state index contributed by atoms with van der Waals surface area (Å²) in [6.07, 6.45) is 6.30. The Balaban J connectivity index is 1.30. The van der Waals surface area contributed by atoms with Crippen LogP contribution in [0.15, 0.2) is 71.9 Å². The summed E-state index contributed by atoms with van der Waals surface area (Å²) in [6, 6.07) is 13.2. The van der Waals surface area contributed by atoms with E-state index in [0.29, 0.717) is 50.5 Å². The molecule has 10 heteroatoms. The van der Waals surface area contributed by atoms with Crippen molar-refractivity contribution in [3.05, 3.63) is 99.7 Å². The Kier molecular flexibility index (Phi) is 7.70. The summed E-state index contributed by atoms with van der Waals surface area (Å²) in [7, 11) is 2.09. The third-order valence-electron chi connectivity index (χ3n) is 7.90. The average Bonchev–Trinajstić information content (AvgIpc) is 2.98. The third-order valence-corrected chi connectivity index (χ3v) is 8.21. The number of hydrogen-bond donors (Lipinski definition) is 1. The Hall–Kier alpha value is -4.21. The number of nitrogens with one attached hydrogen (secondary N) is 1. The van der Waals surface area contributed by atoms with Gasteiger partial charge in [-0.2, -0.15) is 4.98 Å². The van der Waals surface area contributed by atoms with Crippen LogP contribution < -0.4 is 10.9 Å². The van der Waals surface area contributed by atoms with Gasteiger partial charge >= 0.3 is 0 Å². The van der Waals surface area contributed by atoms with Crippen molar-refractivity contribution in [3.8, 4) is 22.3 Å². The summed E-state index contributed by atoms with van der Waals surface area (Å²) in [6.45, 7) is 4.13. The van der Waals surface area contributed by atoms with Crippen LogP contribution in [0.25, 0.3) is 33.3 Å². The van der Waals surface area contributed by atoms with Crippen LogP contribution in [0.5, 0.6) is 0 Å². The molecule has 0 spiro atoms. The lowest BCUT2D eigenvalue weighted by molar-refractivity contribution is 0.253. The molecule has 42 heavy (non-hydrogen) atoms. The van der Waals surface area contributed by atoms with E-state index in [1.807, 2.05) is 19.1 Å². The molecular formula is C32H29ClF2N6O. The highest BCUT2D eigenvalue weighted by atomic mass is 35.5. The van der Waals surface area contributed by atoms with E-state index >= 15 is 4.39 Å². The van der Waals surface area contributed by atoms with Crippen LogP contribution in [-0.2, 0) is 6.54 Å². The maximum Gasteiger partial charge on any atom is 0.260 e. The van der Waals surface area contributed by atoms with Gasteiger partial charge in [-0.3, -0.25) is 14.3 Å². The molecule has 4 heterocycles. The van der Waals surface area contributed by atoms with Gasteiger partial charge in [0.05, 0.1) is 0 Å². The summed E-state index contributed by atoms with van der Waals surface area (Å²) >= 11 is 6.62. The summed E-state index contributed by atoms with van der Waals surface area (Å²) < 4.78 is 30.9. The van der Waals surface area contributed by atoms with E-state index in [-0.39, 0.29) is 23.2 Å². The molecule has 1 fully saturated rings. The second-order valence-corrected chi connectivity index (χ2v) is 11.0. The predicted octanol–water partition coefficient (Wildman–Crippen LogP) is 7.02. The molecule has 1 saturated heterocycles. The van der Waals surface area contributed by atoms with Gasteiger partial charge in [-0.25, -0.2) is 13.8 Å². The summed E-state index contributed by atoms with van der Waals surface area (Å²) in [4.78, 5) is 28.9. The molecule has 0 amide bonds. The number of aromatic nitrogens is 4. The summed E-state index contributed by atoms with van der Waals surface area (Å²) in [5, 5.41) is 4.03. The smallest absolute Gasteiger partial charge is 0.260 e. The minimum Gasteiger partial charge on any atom is -0.324 e. The zero-order valence-electron chi connectivity index (χ0n) is 23.2. The number of hydrogen-bond acceptors (Lipinski definition) is 6. The fourth-order valence-electron chi connectivity index (χ4n) is 5.58. The monoisotopic (exact) mass is 586 g/mol. The highest BCUT2D eigenvalue weighted by Gasteiger charge is 2.22. The van der Waals surface area contributed by atoms with Crippen LogP contribution in [0.1, 0.15) is 31.2 Å². The molecule has 0 saturated carbocycles. The zero-order chi connectivity index (χ0) is 29.4. The van der Waals surface area contributed by atoms with Crippen molar-refractivity contribution in [2.45, 2.75) is 32.2 Å². The van der Waals surface area contributed by atoms with Crippen LogP contribution >= 0.6 is 11.6 Å². The molecular weight excluding hydrogens is 558 g/mol. The molecule has 6 rings (SSSR count). The summed E-state index contributed by atoms with van der Waals surface area (Å²) in [5.41, 5.74) is 3.20. The van der Waals surface area contributed by atoms with Crippen LogP contribution in [0, 0.1) is 11.6 Å². The van der Waals surface area contributed by atoms with Gasteiger partial charge in [-0.15, -0.1) is 0 Å². The van der Waals surface area contributed by atoms with Gasteiger partial charge in [-0.1, -0.05) is 29.8 Å². The lowest BCUT2D eigenvalue weighted by Gasteiger charge is -2.29. The largest absolute Gasteiger partial charge is 0.324 e. The van der Waals surface area contributed by atoms with Crippen molar-refractivity contribution >= 4 is 34.3 Å². The maximum atomic E-state index is 15.1. The molecule has 5 aromatic rings. The highest BCUT2D eigenvalue weighted by molar-refractivity contribution is 6.33. The first kappa shape index (κ1) is 27.9. The Morgan fingerprint density at radius 2 is 1.79 bits per heavy atom. The first-order chi connectivity index (χ1) is 20.3. The van der Waals surface area contributed by atoms with E-state index in [2.05, 4.69) is 32.2 Å². The molecule has 0 bridgehead atoms. The van der Waals surface area contributed by atoms with Crippen molar-refractivity contribution in [1.82, 2.24) is 24.4 Å². The van der Waals surface area contributed by atoms with Crippen LogP contribution in [0.4, 0.5) is 20.4 Å². The molecule has 7 nitrogen and oxygen atoms in total. The molecule has 1 aliphatic heterocycles. The first-order valence-electron chi connectivity index (χ1n) is 13.9. The van der Waals surface area contributed by atoms with Gasteiger partial charge in [-0.05, 0) is 87.3 Å². The van der Waals surface area contributed by atoms with E-state index in [4.69, 9.17) is 11.6 Å². The van der Waals surface area contributed by atoms with E-state index in [1.54, 1.807) is 35.0 Å². The predicted molar refractivity (Wildman–Crippen MR) is 162 cm³/mol. The number of anilines is 2. The van der Waals surface area contributed by atoms with E-state index in [9.17, 15) is 9.18 Å².